The molecule has 0 spiro atoms. The summed E-state index contributed by atoms with van der Waals surface area (Å²) in [5, 5.41) is 0. The normalized spacial score (nSPS) is 50.6. The number of hydrogen-bond donors (Lipinski definition) is 0. The lowest BCUT2D eigenvalue weighted by Gasteiger charge is -2.59. The molecule has 0 saturated heterocycles. The second-order valence-corrected chi connectivity index (χ2v) is 9.57. The third-order valence-electron chi connectivity index (χ3n) is 8.59. The van der Waals surface area contributed by atoms with Crippen molar-refractivity contribution in [3.63, 3.8) is 0 Å². The van der Waals surface area contributed by atoms with Gasteiger partial charge in [-0.1, -0.05) is 26.7 Å². The Labute approximate surface area is 145 Å². The monoisotopic (exact) mass is 332 g/mol. The molecule has 0 aromatic rings. The number of hydrogen-bond acceptors (Lipinski definition) is 3. The minimum absolute atomic E-state index is 0.0629. The molecule has 3 nitrogen and oxygen atoms in total. The van der Waals surface area contributed by atoms with Crippen molar-refractivity contribution in [3.05, 3.63) is 0 Å². The first-order valence-corrected chi connectivity index (χ1v) is 10.1. The lowest BCUT2D eigenvalue weighted by Crippen LogP contribution is -2.56. The van der Waals surface area contributed by atoms with E-state index in [4.69, 9.17) is 4.74 Å². The Morgan fingerprint density at radius 2 is 1.75 bits per heavy atom. The molecule has 0 N–H and O–H groups in total. The van der Waals surface area contributed by atoms with Crippen LogP contribution in [0.25, 0.3) is 0 Å². The maximum Gasteiger partial charge on any atom is 0.302 e. The van der Waals surface area contributed by atoms with Crippen LogP contribution in [0, 0.1) is 34.5 Å². The van der Waals surface area contributed by atoms with E-state index in [9.17, 15) is 9.59 Å². The van der Waals surface area contributed by atoms with Gasteiger partial charge in [0.2, 0.25) is 0 Å². The Morgan fingerprint density at radius 3 is 2.50 bits per heavy atom. The van der Waals surface area contributed by atoms with Gasteiger partial charge in [-0.3, -0.25) is 9.59 Å². The highest BCUT2D eigenvalue weighted by Gasteiger charge is 2.62. The molecule has 0 heterocycles. The lowest BCUT2D eigenvalue weighted by molar-refractivity contribution is -0.166. The number of carbonyl (C=O) groups is 2. The Kier molecular flexibility index (Phi) is 3.85. The first kappa shape index (κ1) is 16.6. The van der Waals surface area contributed by atoms with E-state index in [1.807, 2.05) is 0 Å². The molecule has 4 aliphatic carbocycles. The van der Waals surface area contributed by atoms with Gasteiger partial charge in [0.25, 0.3) is 0 Å². The zero-order valence-electron chi connectivity index (χ0n) is 15.5. The van der Waals surface area contributed by atoms with Gasteiger partial charge in [-0.05, 0) is 61.7 Å². The third-order valence-corrected chi connectivity index (χ3v) is 8.59. The average Bonchev–Trinajstić information content (AvgIpc) is 2.84. The number of ether oxygens (including phenoxy) is 1. The molecule has 0 bridgehead atoms. The molecule has 24 heavy (non-hydrogen) atoms. The van der Waals surface area contributed by atoms with Gasteiger partial charge in [0.05, 0.1) is 0 Å². The first-order chi connectivity index (χ1) is 11.4. The maximum atomic E-state index is 13.0. The van der Waals surface area contributed by atoms with Crippen LogP contribution >= 0.6 is 0 Å². The Bertz CT molecular complexity index is 555. The molecule has 134 valence electrons. The van der Waals surface area contributed by atoms with Gasteiger partial charge in [0.1, 0.15) is 11.9 Å². The SMILES string of the molecule is CC(=O)O[C@@H]1CCC2C3CC(=O)[C@H]4CCCCC4(C)C3CCC21C. The zero-order valence-corrected chi connectivity index (χ0v) is 15.5. The van der Waals surface area contributed by atoms with Crippen molar-refractivity contribution in [2.24, 2.45) is 34.5 Å². The van der Waals surface area contributed by atoms with E-state index in [0.717, 1.165) is 32.1 Å². The highest BCUT2D eigenvalue weighted by atomic mass is 16.5. The summed E-state index contributed by atoms with van der Waals surface area (Å²) in [6.07, 6.45) is 10.2. The molecule has 4 rings (SSSR count). The van der Waals surface area contributed by atoms with Crippen LogP contribution in [-0.2, 0) is 14.3 Å². The number of rotatable bonds is 1. The van der Waals surface area contributed by atoms with E-state index in [0.29, 0.717) is 29.5 Å². The van der Waals surface area contributed by atoms with E-state index < -0.39 is 0 Å². The van der Waals surface area contributed by atoms with Crippen LogP contribution in [0.15, 0.2) is 0 Å². The molecular weight excluding hydrogens is 300 g/mol. The lowest BCUT2D eigenvalue weighted by atomic mass is 9.45. The van der Waals surface area contributed by atoms with Crippen molar-refractivity contribution in [2.45, 2.75) is 84.7 Å². The van der Waals surface area contributed by atoms with E-state index in [-0.39, 0.29) is 22.9 Å². The van der Waals surface area contributed by atoms with Crippen LogP contribution in [0.2, 0.25) is 0 Å². The molecule has 0 aliphatic heterocycles. The van der Waals surface area contributed by atoms with Crippen LogP contribution in [-0.4, -0.2) is 17.9 Å². The number of esters is 1. The highest BCUT2D eigenvalue weighted by Crippen LogP contribution is 2.65. The van der Waals surface area contributed by atoms with E-state index >= 15 is 0 Å². The van der Waals surface area contributed by atoms with Crippen molar-refractivity contribution in [2.75, 3.05) is 0 Å². The largest absolute Gasteiger partial charge is 0.462 e. The highest BCUT2D eigenvalue weighted by molar-refractivity contribution is 5.83. The minimum atomic E-state index is -0.150. The average molecular weight is 332 g/mol. The molecule has 0 aromatic carbocycles. The third kappa shape index (κ3) is 2.22. The van der Waals surface area contributed by atoms with Crippen molar-refractivity contribution in [1.29, 1.82) is 0 Å². The van der Waals surface area contributed by atoms with E-state index in [1.54, 1.807) is 0 Å². The van der Waals surface area contributed by atoms with Gasteiger partial charge in [0, 0.05) is 24.7 Å². The molecule has 5 unspecified atom stereocenters. The molecule has 0 aromatic heterocycles. The van der Waals surface area contributed by atoms with Crippen LogP contribution in [0.3, 0.4) is 0 Å². The number of ketones is 1. The summed E-state index contributed by atoms with van der Waals surface area (Å²) in [4.78, 5) is 24.5. The van der Waals surface area contributed by atoms with Gasteiger partial charge in [-0.25, -0.2) is 0 Å². The van der Waals surface area contributed by atoms with Gasteiger partial charge in [-0.2, -0.15) is 0 Å². The standard InChI is InChI=1S/C21H32O3/c1-13(22)24-19-8-7-15-14-12-18(23)17-6-4-5-10-20(17,2)16(14)9-11-21(15,19)3/h14-17,19H,4-12H2,1-3H3/t14?,15?,16?,17-,19-,20?,21?/m1/s1. The van der Waals surface area contributed by atoms with Crippen molar-refractivity contribution < 1.29 is 14.3 Å². The van der Waals surface area contributed by atoms with Crippen molar-refractivity contribution in [1.82, 2.24) is 0 Å². The summed E-state index contributed by atoms with van der Waals surface area (Å²) in [5.74, 6) is 2.50. The Balaban J connectivity index is 1.63. The van der Waals surface area contributed by atoms with Gasteiger partial charge in [-0.15, -0.1) is 0 Å². The second kappa shape index (κ2) is 5.57. The smallest absolute Gasteiger partial charge is 0.302 e. The molecule has 4 fully saturated rings. The predicted octanol–water partition coefficient (Wildman–Crippen LogP) is 4.53. The summed E-state index contributed by atoms with van der Waals surface area (Å²) < 4.78 is 5.70. The van der Waals surface area contributed by atoms with Crippen LogP contribution in [0.1, 0.15) is 78.6 Å². The molecule has 3 heteroatoms. The minimum Gasteiger partial charge on any atom is -0.462 e. The van der Waals surface area contributed by atoms with Gasteiger partial charge >= 0.3 is 5.97 Å². The fraction of sp³-hybridized carbons (Fsp3) is 0.905. The first-order valence-electron chi connectivity index (χ1n) is 10.1. The Morgan fingerprint density at radius 1 is 1.00 bits per heavy atom. The topological polar surface area (TPSA) is 43.4 Å². The van der Waals surface area contributed by atoms with Crippen molar-refractivity contribution >= 4 is 11.8 Å². The fourth-order valence-corrected chi connectivity index (χ4v) is 7.44. The molecule has 0 radical (unpaired) electrons. The summed E-state index contributed by atoms with van der Waals surface area (Å²) in [5.41, 5.74) is 0.323. The molecule has 4 aliphatic rings. The summed E-state index contributed by atoms with van der Waals surface area (Å²) in [6, 6.07) is 0. The van der Waals surface area contributed by atoms with Gasteiger partial charge in [0.15, 0.2) is 0 Å². The van der Waals surface area contributed by atoms with E-state index in [1.165, 1.54) is 32.6 Å². The number of Topliss-reactive ketones (excluding diaryl/α,β-unsaturated/α-hetero) is 1. The van der Waals surface area contributed by atoms with Crippen molar-refractivity contribution in [3.8, 4) is 0 Å². The van der Waals surface area contributed by atoms with Crippen LogP contribution in [0.5, 0.6) is 0 Å². The Hall–Kier alpha value is -0.860. The predicted molar refractivity (Wildman–Crippen MR) is 92.3 cm³/mol. The van der Waals surface area contributed by atoms with E-state index in [2.05, 4.69) is 13.8 Å². The molecule has 0 amide bonds. The van der Waals surface area contributed by atoms with Gasteiger partial charge < -0.3 is 4.74 Å². The van der Waals surface area contributed by atoms with Crippen LogP contribution < -0.4 is 0 Å². The molecule has 4 saturated carbocycles. The van der Waals surface area contributed by atoms with Crippen LogP contribution in [0.4, 0.5) is 0 Å². The number of carbonyl (C=O) groups excluding carboxylic acids is 2. The summed E-state index contributed by atoms with van der Waals surface area (Å²) >= 11 is 0. The zero-order chi connectivity index (χ0) is 17.1. The number of fused-ring (bicyclic) bond motifs is 5. The summed E-state index contributed by atoms with van der Waals surface area (Å²) in [6.45, 7) is 6.28. The molecule has 7 atom stereocenters. The molecular formula is C21H32O3. The summed E-state index contributed by atoms with van der Waals surface area (Å²) in [7, 11) is 0. The maximum absolute atomic E-state index is 13.0. The quantitative estimate of drug-likeness (QED) is 0.663. The fourth-order valence-electron chi connectivity index (χ4n) is 7.44. The second-order valence-electron chi connectivity index (χ2n) is 9.57.